The Morgan fingerprint density at radius 1 is 1.18 bits per heavy atom. The van der Waals surface area contributed by atoms with Gasteiger partial charge in [0.15, 0.2) is 5.75 Å². The minimum absolute atomic E-state index is 0.0256. The predicted molar refractivity (Wildman–Crippen MR) is 83.3 cm³/mol. The monoisotopic (exact) mass is 302 g/mol. The number of nitrogens with one attached hydrogen (secondary N) is 1. The van der Waals surface area contributed by atoms with Gasteiger partial charge >= 0.3 is 5.69 Å². The van der Waals surface area contributed by atoms with Crippen molar-refractivity contribution in [2.24, 2.45) is 0 Å². The van der Waals surface area contributed by atoms with E-state index in [0.717, 1.165) is 11.3 Å². The van der Waals surface area contributed by atoms with E-state index in [9.17, 15) is 10.1 Å². The summed E-state index contributed by atoms with van der Waals surface area (Å²) in [5, 5.41) is 14.1. The highest BCUT2D eigenvalue weighted by atomic mass is 16.6. The summed E-state index contributed by atoms with van der Waals surface area (Å²) < 4.78 is 10.5. The number of hydrogen-bond acceptors (Lipinski definition) is 5. The number of ether oxygens (including phenoxy) is 2. The molecule has 6 nitrogen and oxygen atoms in total. The molecule has 0 aliphatic heterocycles. The zero-order chi connectivity index (χ0) is 15.8. The van der Waals surface area contributed by atoms with E-state index in [1.54, 1.807) is 12.1 Å². The third kappa shape index (κ3) is 4.46. The maximum Gasteiger partial charge on any atom is 0.311 e. The molecule has 0 radical (unpaired) electrons. The second-order valence-electron chi connectivity index (χ2n) is 4.60. The standard InChI is InChI=1S/C16H18N2O4/c1-21-16-8-7-13(11-15(16)18(19)20)12-17-9-10-22-14-5-3-2-4-6-14/h2-8,11,17H,9-10,12H2,1H3. The molecule has 2 aromatic rings. The Kier molecular flexibility index (Phi) is 5.73. The zero-order valence-electron chi connectivity index (χ0n) is 12.3. The van der Waals surface area contributed by atoms with Gasteiger partial charge < -0.3 is 14.8 Å². The number of benzene rings is 2. The summed E-state index contributed by atoms with van der Waals surface area (Å²) in [6.45, 7) is 1.71. The number of rotatable bonds is 8. The van der Waals surface area contributed by atoms with Gasteiger partial charge in [-0.3, -0.25) is 10.1 Å². The van der Waals surface area contributed by atoms with Crippen molar-refractivity contribution in [2.45, 2.75) is 6.54 Å². The fourth-order valence-electron chi connectivity index (χ4n) is 1.98. The molecule has 0 saturated carbocycles. The van der Waals surface area contributed by atoms with E-state index < -0.39 is 4.92 Å². The van der Waals surface area contributed by atoms with E-state index >= 15 is 0 Å². The van der Waals surface area contributed by atoms with Gasteiger partial charge in [-0.25, -0.2) is 0 Å². The van der Waals surface area contributed by atoms with Crippen LogP contribution in [0, 0.1) is 10.1 Å². The van der Waals surface area contributed by atoms with Crippen LogP contribution < -0.4 is 14.8 Å². The summed E-state index contributed by atoms with van der Waals surface area (Å²) >= 11 is 0. The minimum atomic E-state index is -0.444. The molecule has 0 amide bonds. The largest absolute Gasteiger partial charge is 0.492 e. The normalized spacial score (nSPS) is 10.2. The van der Waals surface area contributed by atoms with Gasteiger partial charge in [0.25, 0.3) is 0 Å². The molecule has 0 heterocycles. The van der Waals surface area contributed by atoms with Crippen LogP contribution in [0.25, 0.3) is 0 Å². The summed E-state index contributed by atoms with van der Waals surface area (Å²) in [5.41, 5.74) is 0.801. The smallest absolute Gasteiger partial charge is 0.311 e. The maximum atomic E-state index is 11.0. The van der Waals surface area contributed by atoms with Crippen molar-refractivity contribution >= 4 is 5.69 Å². The molecule has 22 heavy (non-hydrogen) atoms. The molecular formula is C16H18N2O4. The molecule has 2 rings (SSSR count). The van der Waals surface area contributed by atoms with Crippen molar-refractivity contribution in [1.29, 1.82) is 0 Å². The van der Waals surface area contributed by atoms with E-state index in [1.807, 2.05) is 30.3 Å². The highest BCUT2D eigenvalue weighted by Gasteiger charge is 2.14. The summed E-state index contributed by atoms with van der Waals surface area (Å²) in [5.74, 6) is 1.09. The van der Waals surface area contributed by atoms with Gasteiger partial charge in [-0.15, -0.1) is 0 Å². The van der Waals surface area contributed by atoms with Gasteiger partial charge in [0.05, 0.1) is 12.0 Å². The van der Waals surface area contributed by atoms with Crippen LogP contribution in [0.3, 0.4) is 0 Å². The predicted octanol–water partition coefficient (Wildman–Crippen LogP) is 2.77. The van der Waals surface area contributed by atoms with Crippen LogP contribution in [0.2, 0.25) is 0 Å². The summed E-state index contributed by atoms with van der Waals surface area (Å²) in [6, 6.07) is 14.5. The molecule has 1 N–H and O–H groups in total. The first kappa shape index (κ1) is 15.8. The lowest BCUT2D eigenvalue weighted by Gasteiger charge is -2.08. The van der Waals surface area contributed by atoms with Crippen LogP contribution in [-0.4, -0.2) is 25.2 Å². The molecule has 0 bridgehead atoms. The Hall–Kier alpha value is -2.60. The molecular weight excluding hydrogens is 284 g/mol. The van der Waals surface area contributed by atoms with Gasteiger partial charge in [0.1, 0.15) is 12.4 Å². The van der Waals surface area contributed by atoms with Gasteiger partial charge in [-0.2, -0.15) is 0 Å². The van der Waals surface area contributed by atoms with E-state index in [4.69, 9.17) is 9.47 Å². The lowest BCUT2D eigenvalue weighted by molar-refractivity contribution is -0.385. The van der Waals surface area contributed by atoms with Crippen LogP contribution in [0.1, 0.15) is 5.56 Å². The van der Waals surface area contributed by atoms with Crippen LogP contribution in [0.5, 0.6) is 11.5 Å². The molecule has 0 aliphatic rings. The van der Waals surface area contributed by atoms with Crippen molar-refractivity contribution in [3.8, 4) is 11.5 Å². The summed E-state index contributed by atoms with van der Waals surface area (Å²) in [6.07, 6.45) is 0. The molecule has 0 unspecified atom stereocenters. The van der Waals surface area contributed by atoms with Crippen molar-refractivity contribution < 1.29 is 14.4 Å². The maximum absolute atomic E-state index is 11.0. The Bertz CT molecular complexity index is 617. The SMILES string of the molecule is COc1ccc(CNCCOc2ccccc2)cc1[N+](=O)[O-]. The Morgan fingerprint density at radius 3 is 2.64 bits per heavy atom. The first-order valence-corrected chi connectivity index (χ1v) is 6.90. The second-order valence-corrected chi connectivity index (χ2v) is 4.60. The van der Waals surface area contributed by atoms with Crippen LogP contribution in [0.15, 0.2) is 48.5 Å². The van der Waals surface area contributed by atoms with Gasteiger partial charge in [-0.05, 0) is 23.8 Å². The molecule has 0 atom stereocenters. The van der Waals surface area contributed by atoms with Crippen LogP contribution in [-0.2, 0) is 6.54 Å². The van der Waals surface area contributed by atoms with Crippen LogP contribution in [0.4, 0.5) is 5.69 Å². The van der Waals surface area contributed by atoms with E-state index in [0.29, 0.717) is 19.7 Å². The molecule has 0 saturated heterocycles. The Balaban J connectivity index is 1.79. The average Bonchev–Trinajstić information content (AvgIpc) is 2.55. The lowest BCUT2D eigenvalue weighted by atomic mass is 10.2. The van der Waals surface area contributed by atoms with Gasteiger partial charge in [-0.1, -0.05) is 24.3 Å². The average molecular weight is 302 g/mol. The molecule has 0 spiro atoms. The first-order chi connectivity index (χ1) is 10.7. The Labute approximate surface area is 128 Å². The number of para-hydroxylation sites is 1. The number of methoxy groups -OCH3 is 1. The van der Waals surface area contributed by atoms with Crippen molar-refractivity contribution in [2.75, 3.05) is 20.3 Å². The quantitative estimate of drug-likeness (QED) is 0.461. The lowest BCUT2D eigenvalue weighted by Crippen LogP contribution is -2.20. The fourth-order valence-corrected chi connectivity index (χ4v) is 1.98. The number of nitrogens with zero attached hydrogens (tertiary/aromatic N) is 1. The topological polar surface area (TPSA) is 73.6 Å². The second kappa shape index (κ2) is 7.99. The summed E-state index contributed by atoms with van der Waals surface area (Å²) in [4.78, 5) is 10.5. The minimum Gasteiger partial charge on any atom is -0.492 e. The molecule has 0 aromatic heterocycles. The van der Waals surface area contributed by atoms with Gasteiger partial charge in [0.2, 0.25) is 0 Å². The third-order valence-electron chi connectivity index (χ3n) is 3.06. The first-order valence-electron chi connectivity index (χ1n) is 6.90. The third-order valence-corrected chi connectivity index (χ3v) is 3.06. The van der Waals surface area contributed by atoms with Crippen molar-refractivity contribution in [1.82, 2.24) is 5.32 Å². The Morgan fingerprint density at radius 2 is 1.95 bits per heavy atom. The van der Waals surface area contributed by atoms with Crippen LogP contribution >= 0.6 is 0 Å². The molecule has 6 heteroatoms. The summed E-state index contributed by atoms with van der Waals surface area (Å²) in [7, 11) is 1.42. The highest BCUT2D eigenvalue weighted by molar-refractivity contribution is 5.48. The number of nitro groups is 1. The molecule has 116 valence electrons. The zero-order valence-corrected chi connectivity index (χ0v) is 12.3. The highest BCUT2D eigenvalue weighted by Crippen LogP contribution is 2.27. The molecule has 0 fully saturated rings. The molecule has 0 aliphatic carbocycles. The van der Waals surface area contributed by atoms with Crippen molar-refractivity contribution in [3.05, 3.63) is 64.2 Å². The van der Waals surface area contributed by atoms with Crippen molar-refractivity contribution in [3.63, 3.8) is 0 Å². The van der Waals surface area contributed by atoms with E-state index in [-0.39, 0.29) is 11.4 Å². The fraction of sp³-hybridized carbons (Fsp3) is 0.250. The molecule has 2 aromatic carbocycles. The van der Waals surface area contributed by atoms with Gasteiger partial charge in [0, 0.05) is 19.2 Å². The van der Waals surface area contributed by atoms with E-state index in [1.165, 1.54) is 13.2 Å². The number of hydrogen-bond donors (Lipinski definition) is 1. The number of nitro benzene ring substituents is 1. The van der Waals surface area contributed by atoms with E-state index in [2.05, 4.69) is 5.32 Å².